The van der Waals surface area contributed by atoms with Crippen LogP contribution in [0.15, 0.2) is 66.7 Å². The first-order chi connectivity index (χ1) is 15.3. The number of aryl methyl sites for hydroxylation is 1. The predicted octanol–water partition coefficient (Wildman–Crippen LogP) is -1.88. The molecule has 166 valence electrons. The SMILES string of the molecule is Cn1nnnc1C(/C=C/[C@@H](O)C[C@@H](O)CC(=O)[O-])=C(\c1ccccc1)c1ccc(F)cc1.[Na+]. The van der Waals surface area contributed by atoms with Crippen molar-refractivity contribution in [2.75, 3.05) is 0 Å². The molecule has 3 rings (SSSR count). The number of aromatic nitrogens is 4. The quantitative estimate of drug-likeness (QED) is 0.283. The summed E-state index contributed by atoms with van der Waals surface area (Å²) in [4.78, 5) is 10.6. The first kappa shape index (κ1) is 26.6. The smallest absolute Gasteiger partial charge is 0.550 e. The van der Waals surface area contributed by atoms with Gasteiger partial charge in [0, 0.05) is 31.4 Å². The maximum atomic E-state index is 13.6. The van der Waals surface area contributed by atoms with Crippen LogP contribution in [0.5, 0.6) is 0 Å². The second-order valence-corrected chi connectivity index (χ2v) is 7.18. The molecule has 0 unspecified atom stereocenters. The van der Waals surface area contributed by atoms with E-state index in [0.29, 0.717) is 22.5 Å². The molecule has 0 radical (unpaired) electrons. The zero-order valence-corrected chi connectivity index (χ0v) is 20.3. The van der Waals surface area contributed by atoms with Crippen LogP contribution in [0.1, 0.15) is 29.8 Å². The molecule has 0 fully saturated rings. The monoisotopic (exact) mass is 460 g/mol. The topological polar surface area (TPSA) is 124 Å². The van der Waals surface area contributed by atoms with Crippen LogP contribution >= 0.6 is 0 Å². The Bertz CT molecular complexity index is 1120. The van der Waals surface area contributed by atoms with Crippen LogP contribution in [0.2, 0.25) is 0 Å². The fraction of sp³-hybridized carbons (Fsp3) is 0.217. The summed E-state index contributed by atoms with van der Waals surface area (Å²) < 4.78 is 15.0. The van der Waals surface area contributed by atoms with Gasteiger partial charge in [-0.15, -0.1) is 5.10 Å². The van der Waals surface area contributed by atoms with Crippen molar-refractivity contribution < 1.29 is 54.1 Å². The number of benzene rings is 2. The summed E-state index contributed by atoms with van der Waals surface area (Å²) in [6.07, 6.45) is -0.125. The van der Waals surface area contributed by atoms with Crippen molar-refractivity contribution in [3.8, 4) is 0 Å². The Morgan fingerprint density at radius 1 is 1.12 bits per heavy atom. The standard InChI is InChI=1S/C23H23FN4O4.Na/c1-28-23(25-26-27-28)20(12-11-18(29)13-19(30)14-21(31)32)22(15-5-3-2-4-6-15)16-7-9-17(24)10-8-16;/h2-12,18-19,29-30H,13-14H2,1H3,(H,31,32);/q;+1/p-1/b12-11+,22-20+;/t18-,19-;/m1./s1. The van der Waals surface area contributed by atoms with Crippen molar-refractivity contribution in [2.45, 2.75) is 25.0 Å². The van der Waals surface area contributed by atoms with E-state index in [4.69, 9.17) is 0 Å². The van der Waals surface area contributed by atoms with E-state index in [1.807, 2.05) is 30.3 Å². The third kappa shape index (κ3) is 7.41. The number of carbonyl (C=O) groups is 1. The summed E-state index contributed by atoms with van der Waals surface area (Å²) in [6, 6.07) is 15.3. The Hall–Kier alpha value is -2.69. The Balaban J connectivity index is 0.00000385. The van der Waals surface area contributed by atoms with Gasteiger partial charge in [-0.05, 0) is 39.3 Å². The van der Waals surface area contributed by atoms with Gasteiger partial charge in [0.2, 0.25) is 0 Å². The van der Waals surface area contributed by atoms with E-state index in [-0.39, 0.29) is 41.8 Å². The number of hydrogen-bond acceptors (Lipinski definition) is 7. The van der Waals surface area contributed by atoms with Gasteiger partial charge in [-0.3, -0.25) is 0 Å². The minimum atomic E-state index is -1.40. The minimum absolute atomic E-state index is 0. The number of aliphatic hydroxyl groups excluding tert-OH is 2. The van der Waals surface area contributed by atoms with Crippen LogP contribution in [-0.4, -0.2) is 48.6 Å². The number of carboxylic acids is 1. The normalized spacial score (nSPS) is 13.8. The molecule has 0 saturated heterocycles. The average molecular weight is 460 g/mol. The molecule has 0 aliphatic rings. The van der Waals surface area contributed by atoms with Crippen LogP contribution in [0, 0.1) is 5.82 Å². The van der Waals surface area contributed by atoms with E-state index in [1.165, 1.54) is 22.9 Å². The number of halogens is 1. The number of tetrazole rings is 1. The Morgan fingerprint density at radius 2 is 1.76 bits per heavy atom. The molecule has 8 nitrogen and oxygen atoms in total. The van der Waals surface area contributed by atoms with Gasteiger partial charge >= 0.3 is 29.6 Å². The van der Waals surface area contributed by atoms with E-state index in [2.05, 4.69) is 15.5 Å². The fourth-order valence-corrected chi connectivity index (χ4v) is 3.27. The summed E-state index contributed by atoms with van der Waals surface area (Å²) in [5.41, 5.74) is 2.76. The van der Waals surface area contributed by atoms with Crippen LogP contribution in [0.25, 0.3) is 11.1 Å². The van der Waals surface area contributed by atoms with Crippen LogP contribution in [0.4, 0.5) is 4.39 Å². The molecular formula is C23H22FN4NaO4. The molecule has 0 aliphatic heterocycles. The number of rotatable bonds is 9. The van der Waals surface area contributed by atoms with E-state index in [9.17, 15) is 24.5 Å². The van der Waals surface area contributed by atoms with Gasteiger partial charge in [-0.25, -0.2) is 9.07 Å². The third-order valence-corrected chi connectivity index (χ3v) is 4.73. The zero-order valence-electron chi connectivity index (χ0n) is 18.3. The largest absolute Gasteiger partial charge is 1.00 e. The Kier molecular flexibility index (Phi) is 10.1. The van der Waals surface area contributed by atoms with Crippen molar-refractivity contribution in [1.29, 1.82) is 0 Å². The van der Waals surface area contributed by atoms with Gasteiger partial charge in [-0.1, -0.05) is 54.6 Å². The summed E-state index contributed by atoms with van der Waals surface area (Å²) in [6.45, 7) is 0. The molecule has 1 aromatic heterocycles. The Morgan fingerprint density at radius 3 is 2.33 bits per heavy atom. The zero-order chi connectivity index (χ0) is 23.1. The molecule has 2 atom stereocenters. The summed E-state index contributed by atoms with van der Waals surface area (Å²) in [5, 5.41) is 42.4. The van der Waals surface area contributed by atoms with Gasteiger partial charge in [0.05, 0.1) is 12.2 Å². The van der Waals surface area contributed by atoms with Crippen LogP contribution in [0.3, 0.4) is 0 Å². The maximum Gasteiger partial charge on any atom is 1.00 e. The summed E-state index contributed by atoms with van der Waals surface area (Å²) in [7, 11) is 1.66. The van der Waals surface area contributed by atoms with Gasteiger partial charge in [0.25, 0.3) is 0 Å². The van der Waals surface area contributed by atoms with E-state index in [1.54, 1.807) is 25.3 Å². The number of aliphatic carboxylic acids is 1. The predicted molar refractivity (Wildman–Crippen MR) is 113 cm³/mol. The molecule has 2 N–H and O–H groups in total. The van der Waals surface area contributed by atoms with E-state index in [0.717, 1.165) is 5.56 Å². The molecule has 1 heterocycles. The third-order valence-electron chi connectivity index (χ3n) is 4.73. The second-order valence-electron chi connectivity index (χ2n) is 7.18. The van der Waals surface area contributed by atoms with Crippen molar-refractivity contribution in [2.24, 2.45) is 7.05 Å². The molecule has 0 bridgehead atoms. The van der Waals surface area contributed by atoms with Gasteiger partial charge in [0.15, 0.2) is 5.82 Å². The summed E-state index contributed by atoms with van der Waals surface area (Å²) in [5.74, 6) is -1.38. The van der Waals surface area contributed by atoms with E-state index < -0.39 is 24.6 Å². The molecule has 33 heavy (non-hydrogen) atoms. The first-order valence-corrected chi connectivity index (χ1v) is 9.87. The van der Waals surface area contributed by atoms with Crippen molar-refractivity contribution in [3.63, 3.8) is 0 Å². The number of carboxylic acid groups (broad SMARTS) is 1. The number of hydrogen-bond donors (Lipinski definition) is 2. The fourth-order valence-electron chi connectivity index (χ4n) is 3.27. The van der Waals surface area contributed by atoms with Crippen molar-refractivity contribution in [3.05, 3.63) is 89.5 Å². The average Bonchev–Trinajstić information content (AvgIpc) is 3.17. The first-order valence-electron chi connectivity index (χ1n) is 9.87. The molecule has 0 amide bonds. The number of aliphatic hydroxyl groups is 2. The molecule has 0 saturated carbocycles. The van der Waals surface area contributed by atoms with Crippen LogP contribution in [-0.2, 0) is 11.8 Å². The Labute approximate surface area is 212 Å². The maximum absolute atomic E-state index is 13.6. The number of nitrogens with zero attached hydrogens (tertiary/aromatic N) is 4. The van der Waals surface area contributed by atoms with Gasteiger partial charge in [-0.2, -0.15) is 0 Å². The second kappa shape index (κ2) is 12.5. The number of allylic oxidation sites excluding steroid dienone is 2. The van der Waals surface area contributed by atoms with Crippen molar-refractivity contribution in [1.82, 2.24) is 20.2 Å². The molecule has 2 aromatic carbocycles. The molecule has 10 heteroatoms. The number of carbonyl (C=O) groups excluding carboxylic acids is 1. The molecular weight excluding hydrogens is 438 g/mol. The van der Waals surface area contributed by atoms with Gasteiger partial charge < -0.3 is 20.1 Å². The van der Waals surface area contributed by atoms with Gasteiger partial charge in [0.1, 0.15) is 5.82 Å². The minimum Gasteiger partial charge on any atom is -0.550 e. The molecule has 0 aliphatic carbocycles. The molecule has 3 aromatic rings. The van der Waals surface area contributed by atoms with Crippen LogP contribution < -0.4 is 34.7 Å². The summed E-state index contributed by atoms with van der Waals surface area (Å²) >= 11 is 0. The molecule has 0 spiro atoms. The van der Waals surface area contributed by atoms with E-state index >= 15 is 0 Å². The van der Waals surface area contributed by atoms with Crippen molar-refractivity contribution >= 4 is 17.1 Å².